The second-order valence-corrected chi connectivity index (χ2v) is 14.3. The van der Waals surface area contributed by atoms with Gasteiger partial charge in [0.1, 0.15) is 16.9 Å². The Kier molecular flexibility index (Phi) is 8.18. The number of nitrogens with one attached hydrogen (secondary N) is 2. The molecule has 3 aliphatic rings. The molecule has 5 heterocycles. The molecule has 0 radical (unpaired) electrons. The maximum atomic E-state index is 14.0. The Hall–Kier alpha value is -5.14. The average molecular weight is 728 g/mol. The van der Waals surface area contributed by atoms with Gasteiger partial charge in [0.05, 0.1) is 28.9 Å². The SMILES string of the molecule is COc1nc(-c2cccc(-c3cccc(Nc4nc(C(F)F)cc5c4c(=O)n(C)c(=O)n5C)c3C)c2Cl)cc2c1[C@@H](N1CC3(CCC(=O)N3)C1)CC2. The number of carbonyl (C=O) groups is 1. The maximum Gasteiger partial charge on any atom is 0.330 e. The molecular weight excluding hydrogens is 692 g/mol. The molecule has 2 saturated heterocycles. The quantitative estimate of drug-likeness (QED) is 0.211. The number of hydrogen-bond acceptors (Lipinski definition) is 8. The van der Waals surface area contributed by atoms with Crippen LogP contribution in [0.15, 0.2) is 58.1 Å². The number of likely N-dealkylation sites (tertiary alicyclic amines) is 1. The molecule has 2 fully saturated rings. The van der Waals surface area contributed by atoms with Gasteiger partial charge in [-0.1, -0.05) is 41.9 Å². The molecule has 14 heteroatoms. The predicted molar refractivity (Wildman–Crippen MR) is 195 cm³/mol. The van der Waals surface area contributed by atoms with Gasteiger partial charge in [-0.3, -0.25) is 23.6 Å². The molecule has 52 heavy (non-hydrogen) atoms. The summed E-state index contributed by atoms with van der Waals surface area (Å²) in [4.78, 5) is 49.3. The number of nitrogens with zero attached hydrogens (tertiary/aromatic N) is 5. The number of pyridine rings is 2. The fourth-order valence-electron chi connectivity index (χ4n) is 8.14. The number of rotatable bonds is 7. The fourth-order valence-corrected chi connectivity index (χ4v) is 8.47. The molecule has 2 aliphatic heterocycles. The summed E-state index contributed by atoms with van der Waals surface area (Å²) in [5, 5.41) is 6.77. The Bertz CT molecular complexity index is 2440. The molecule has 2 aromatic carbocycles. The Balaban J connectivity index is 1.14. The number of methoxy groups -OCH3 is 1. The maximum absolute atomic E-state index is 14.0. The second kappa shape index (κ2) is 12.5. The highest BCUT2D eigenvalue weighted by molar-refractivity contribution is 6.36. The third-order valence-corrected chi connectivity index (χ3v) is 11.3. The first-order valence-electron chi connectivity index (χ1n) is 17.1. The molecule has 1 aliphatic carbocycles. The lowest BCUT2D eigenvalue weighted by atomic mass is 9.86. The number of amides is 1. The molecule has 5 aromatic rings. The minimum atomic E-state index is -2.93. The first kappa shape index (κ1) is 34.0. The van der Waals surface area contributed by atoms with Crippen molar-refractivity contribution >= 4 is 39.9 Å². The summed E-state index contributed by atoms with van der Waals surface area (Å²) in [6.45, 7) is 3.49. The first-order valence-corrected chi connectivity index (χ1v) is 17.4. The number of alkyl halides is 2. The number of ether oxygens (including phenoxy) is 1. The molecule has 1 spiro atoms. The molecule has 8 rings (SSSR count). The zero-order valence-electron chi connectivity index (χ0n) is 29.0. The molecule has 11 nitrogen and oxygen atoms in total. The zero-order valence-corrected chi connectivity index (χ0v) is 29.8. The third kappa shape index (κ3) is 5.36. The van der Waals surface area contributed by atoms with Gasteiger partial charge in [-0.05, 0) is 61.1 Å². The Morgan fingerprint density at radius 2 is 1.73 bits per heavy atom. The molecule has 0 saturated carbocycles. The van der Waals surface area contributed by atoms with E-state index >= 15 is 0 Å². The van der Waals surface area contributed by atoms with Crippen molar-refractivity contribution in [1.82, 2.24) is 29.3 Å². The lowest BCUT2D eigenvalue weighted by Gasteiger charge is -2.50. The number of anilines is 2. The smallest absolute Gasteiger partial charge is 0.330 e. The van der Waals surface area contributed by atoms with Crippen molar-refractivity contribution < 1.29 is 18.3 Å². The molecule has 1 atom stereocenters. The predicted octanol–water partition coefficient (Wildman–Crippen LogP) is 5.96. The van der Waals surface area contributed by atoms with E-state index in [4.69, 9.17) is 21.3 Å². The van der Waals surface area contributed by atoms with E-state index < -0.39 is 23.4 Å². The van der Waals surface area contributed by atoms with Crippen LogP contribution in [0.4, 0.5) is 20.3 Å². The van der Waals surface area contributed by atoms with Gasteiger partial charge >= 0.3 is 5.69 Å². The summed E-state index contributed by atoms with van der Waals surface area (Å²) in [5.41, 5.74) is 4.45. The molecule has 0 unspecified atom stereocenters. The lowest BCUT2D eigenvalue weighted by Crippen LogP contribution is -2.67. The van der Waals surface area contributed by atoms with Gasteiger partial charge in [0, 0.05) is 62.0 Å². The minimum absolute atomic E-state index is 0.0108. The highest BCUT2D eigenvalue weighted by Crippen LogP contribution is 2.48. The number of halogens is 3. The highest BCUT2D eigenvalue weighted by atomic mass is 35.5. The van der Waals surface area contributed by atoms with Crippen molar-refractivity contribution in [3.05, 3.63) is 96.8 Å². The normalized spacial score (nSPS) is 17.8. The summed E-state index contributed by atoms with van der Waals surface area (Å²) in [6, 6.07) is 14.5. The van der Waals surface area contributed by atoms with E-state index in [1.165, 1.54) is 14.1 Å². The van der Waals surface area contributed by atoms with Crippen LogP contribution < -0.4 is 26.6 Å². The number of benzene rings is 2. The van der Waals surface area contributed by atoms with Gasteiger partial charge in [-0.2, -0.15) is 0 Å². The zero-order chi connectivity index (χ0) is 36.6. The molecular formula is C38H36ClF2N7O4. The van der Waals surface area contributed by atoms with Crippen LogP contribution in [0.3, 0.4) is 0 Å². The van der Waals surface area contributed by atoms with Crippen molar-refractivity contribution in [2.24, 2.45) is 14.1 Å². The second-order valence-electron chi connectivity index (χ2n) is 13.9. The van der Waals surface area contributed by atoms with Crippen LogP contribution in [0, 0.1) is 6.92 Å². The standard InChI is InChI=1S/C38H36ClF2N7O4/c1-19-21(7-6-10-24(19)42-34-31-28(16-26(43-34)33(40)41)46(2)37(51)47(3)36(31)50)22-8-5-9-23(32(22)39)25-15-20-11-12-27(30(20)35(44-25)52-4)48-17-38(18-48)14-13-29(49)45-38/h5-10,15-16,27,33H,11-14,17-18H2,1-4H3,(H,42,43)(H,45,49)/t27-/m0/s1. The largest absolute Gasteiger partial charge is 0.481 e. The molecule has 1 amide bonds. The van der Waals surface area contributed by atoms with Crippen LogP contribution in [0.5, 0.6) is 5.88 Å². The topological polar surface area (TPSA) is 123 Å². The minimum Gasteiger partial charge on any atom is -0.481 e. The van der Waals surface area contributed by atoms with Crippen molar-refractivity contribution in [2.45, 2.75) is 50.6 Å². The number of carbonyl (C=O) groups excluding carboxylic acids is 1. The van der Waals surface area contributed by atoms with Crippen LogP contribution in [0.25, 0.3) is 33.3 Å². The van der Waals surface area contributed by atoms with Crippen LogP contribution >= 0.6 is 11.6 Å². The number of hydrogen-bond donors (Lipinski definition) is 2. The fraction of sp³-hybridized carbons (Fsp3) is 0.342. The molecule has 2 N–H and O–H groups in total. The molecule has 3 aromatic heterocycles. The van der Waals surface area contributed by atoms with Gasteiger partial charge in [0.2, 0.25) is 11.8 Å². The van der Waals surface area contributed by atoms with E-state index in [9.17, 15) is 23.2 Å². The molecule has 268 valence electrons. The van der Waals surface area contributed by atoms with Crippen LogP contribution in [-0.2, 0) is 25.3 Å². The van der Waals surface area contributed by atoms with E-state index in [1.54, 1.807) is 19.2 Å². The Morgan fingerprint density at radius 3 is 2.44 bits per heavy atom. The number of fused-ring (bicyclic) bond motifs is 2. The summed E-state index contributed by atoms with van der Waals surface area (Å²) < 4.78 is 35.9. The van der Waals surface area contributed by atoms with Gasteiger partial charge in [-0.15, -0.1) is 0 Å². The van der Waals surface area contributed by atoms with E-state index in [1.807, 2.05) is 31.2 Å². The Labute approximate surface area is 302 Å². The highest BCUT2D eigenvalue weighted by Gasteiger charge is 2.51. The summed E-state index contributed by atoms with van der Waals surface area (Å²) in [7, 11) is 4.38. The van der Waals surface area contributed by atoms with E-state index in [0.29, 0.717) is 28.7 Å². The summed E-state index contributed by atoms with van der Waals surface area (Å²) in [6.07, 6.45) is 0.307. The van der Waals surface area contributed by atoms with Gasteiger partial charge < -0.3 is 15.4 Å². The first-order chi connectivity index (χ1) is 24.9. The monoisotopic (exact) mass is 727 g/mol. The summed E-state index contributed by atoms with van der Waals surface area (Å²) in [5.74, 6) is 0.599. The van der Waals surface area contributed by atoms with Crippen LogP contribution in [0.2, 0.25) is 5.02 Å². The van der Waals surface area contributed by atoms with Gasteiger partial charge in [0.25, 0.3) is 12.0 Å². The number of aryl methyl sites for hydroxylation is 2. The van der Waals surface area contributed by atoms with Crippen molar-refractivity contribution in [1.29, 1.82) is 0 Å². The van der Waals surface area contributed by atoms with Gasteiger partial charge in [0.15, 0.2) is 0 Å². The van der Waals surface area contributed by atoms with E-state index in [0.717, 1.165) is 80.9 Å². The van der Waals surface area contributed by atoms with Gasteiger partial charge in [-0.25, -0.2) is 23.5 Å². The number of aromatic nitrogens is 4. The third-order valence-electron chi connectivity index (χ3n) is 10.9. The van der Waals surface area contributed by atoms with Crippen molar-refractivity contribution in [3.8, 4) is 28.3 Å². The Morgan fingerprint density at radius 1 is 1.00 bits per heavy atom. The van der Waals surface area contributed by atoms with Crippen molar-refractivity contribution in [3.63, 3.8) is 0 Å². The van der Waals surface area contributed by atoms with E-state index in [-0.39, 0.29) is 34.2 Å². The van der Waals surface area contributed by atoms with Crippen LogP contribution in [0.1, 0.15) is 54.1 Å². The van der Waals surface area contributed by atoms with Crippen LogP contribution in [-0.4, -0.2) is 55.6 Å². The average Bonchev–Trinajstić information content (AvgIpc) is 3.73. The summed E-state index contributed by atoms with van der Waals surface area (Å²) >= 11 is 7.19. The van der Waals surface area contributed by atoms with Crippen molar-refractivity contribution in [2.75, 3.05) is 25.5 Å². The lowest BCUT2D eigenvalue weighted by molar-refractivity contribution is -0.121. The van der Waals surface area contributed by atoms with E-state index in [2.05, 4.69) is 26.6 Å². The molecule has 0 bridgehead atoms.